The Kier molecular flexibility index (Phi) is 8.02. The van der Waals surface area contributed by atoms with Crippen LogP contribution in [0.2, 0.25) is 0 Å². The summed E-state index contributed by atoms with van der Waals surface area (Å²) in [4.78, 5) is 19.8. The van der Waals surface area contributed by atoms with E-state index >= 15 is 0 Å². The zero-order valence-electron chi connectivity index (χ0n) is 20.5. The van der Waals surface area contributed by atoms with Crippen LogP contribution in [0.25, 0.3) is 0 Å². The Morgan fingerprint density at radius 3 is 2.47 bits per heavy atom. The van der Waals surface area contributed by atoms with Crippen molar-refractivity contribution in [3.63, 3.8) is 0 Å². The summed E-state index contributed by atoms with van der Waals surface area (Å²) in [6.07, 6.45) is 14.5. The first-order chi connectivity index (χ1) is 15.5. The first-order valence-electron chi connectivity index (χ1n) is 12.6. The zero-order chi connectivity index (χ0) is 22.4. The van der Waals surface area contributed by atoms with Gasteiger partial charge in [0.05, 0.1) is 13.1 Å². The summed E-state index contributed by atoms with van der Waals surface area (Å²) in [7, 11) is 2.12. The molecule has 2 aliphatic rings. The Morgan fingerprint density at radius 1 is 1.00 bits per heavy atom. The van der Waals surface area contributed by atoms with Crippen molar-refractivity contribution in [3.05, 3.63) is 36.4 Å². The van der Waals surface area contributed by atoms with Gasteiger partial charge < -0.3 is 19.4 Å². The number of aryl methyl sites for hydroxylation is 1. The molecule has 0 bridgehead atoms. The maximum Gasteiger partial charge on any atom is 0.122 e. The second-order valence-corrected chi connectivity index (χ2v) is 10.7. The van der Waals surface area contributed by atoms with E-state index in [0.717, 1.165) is 37.2 Å². The highest BCUT2D eigenvalue weighted by Gasteiger charge is 2.40. The molecule has 0 saturated carbocycles. The van der Waals surface area contributed by atoms with E-state index in [1.807, 2.05) is 18.6 Å². The molecular weight excluding hydrogens is 398 g/mol. The van der Waals surface area contributed by atoms with Crippen LogP contribution >= 0.6 is 0 Å². The molecule has 1 spiro atoms. The molecule has 2 saturated heterocycles. The van der Waals surface area contributed by atoms with E-state index in [-0.39, 0.29) is 0 Å². The number of rotatable bonds is 11. The van der Waals surface area contributed by atoms with Gasteiger partial charge in [-0.3, -0.25) is 4.90 Å². The number of nitrogens with one attached hydrogen (secondary N) is 1. The predicted molar refractivity (Wildman–Crippen MR) is 129 cm³/mol. The summed E-state index contributed by atoms with van der Waals surface area (Å²) in [6, 6.07) is 0. The highest BCUT2D eigenvalue weighted by Crippen LogP contribution is 2.40. The maximum atomic E-state index is 4.60. The lowest BCUT2D eigenvalue weighted by atomic mass is 9.77. The van der Waals surface area contributed by atoms with Gasteiger partial charge in [-0.2, -0.15) is 0 Å². The minimum absolute atomic E-state index is 0.615. The lowest BCUT2D eigenvalue weighted by Crippen LogP contribution is -2.42. The maximum absolute atomic E-state index is 4.60. The topological polar surface area (TPSA) is 56.2 Å². The number of H-pyrrole nitrogens is 1. The van der Waals surface area contributed by atoms with Crippen LogP contribution < -0.4 is 0 Å². The van der Waals surface area contributed by atoms with E-state index in [1.165, 1.54) is 71.4 Å². The third kappa shape index (κ3) is 6.42. The molecule has 4 heterocycles. The molecule has 7 heteroatoms. The fourth-order valence-corrected chi connectivity index (χ4v) is 5.60. The van der Waals surface area contributed by atoms with E-state index in [4.69, 9.17) is 0 Å². The third-order valence-corrected chi connectivity index (χ3v) is 7.37. The summed E-state index contributed by atoms with van der Waals surface area (Å²) in [5.41, 5.74) is 0.615. The fourth-order valence-electron chi connectivity index (χ4n) is 5.60. The Bertz CT molecular complexity index is 789. The van der Waals surface area contributed by atoms with Crippen LogP contribution in [-0.2, 0) is 19.6 Å². The molecule has 0 unspecified atom stereocenters. The first kappa shape index (κ1) is 23.5. The summed E-state index contributed by atoms with van der Waals surface area (Å²) in [5, 5.41) is 0. The van der Waals surface area contributed by atoms with Gasteiger partial charge in [0, 0.05) is 44.4 Å². The second-order valence-electron chi connectivity index (χ2n) is 10.7. The van der Waals surface area contributed by atoms with E-state index in [0.29, 0.717) is 5.41 Å². The van der Waals surface area contributed by atoms with Crippen molar-refractivity contribution in [1.82, 2.24) is 34.2 Å². The van der Waals surface area contributed by atoms with Gasteiger partial charge >= 0.3 is 0 Å². The average molecular weight is 442 g/mol. The standard InChI is InChI=1S/C25H43N7/c1-22(2)18-30-14-6-25(7-15-30)8-16-31(21-25)12-4-5-13-32-17-11-28-24(32)20-29(3)19-23-26-9-10-27-23/h9-11,17,22H,4-8,12-16,18-21H2,1-3H3,(H,26,27). The molecule has 0 aromatic carbocycles. The van der Waals surface area contributed by atoms with Gasteiger partial charge in [-0.15, -0.1) is 0 Å². The molecule has 2 aromatic rings. The van der Waals surface area contributed by atoms with Crippen molar-refractivity contribution in [1.29, 1.82) is 0 Å². The highest BCUT2D eigenvalue weighted by molar-refractivity contribution is 4.95. The minimum Gasteiger partial charge on any atom is -0.348 e. The zero-order valence-corrected chi connectivity index (χ0v) is 20.5. The van der Waals surface area contributed by atoms with E-state index in [9.17, 15) is 0 Å². The molecule has 0 aliphatic carbocycles. The molecule has 2 fully saturated rings. The molecule has 0 amide bonds. The smallest absolute Gasteiger partial charge is 0.122 e. The molecule has 1 N–H and O–H groups in total. The molecule has 7 nitrogen and oxygen atoms in total. The van der Waals surface area contributed by atoms with Crippen LogP contribution in [0.3, 0.4) is 0 Å². The number of piperidine rings is 1. The minimum atomic E-state index is 0.615. The average Bonchev–Trinajstić information content (AvgIpc) is 3.50. The summed E-state index contributed by atoms with van der Waals surface area (Å²) in [5.74, 6) is 2.93. The molecule has 32 heavy (non-hydrogen) atoms. The Hall–Kier alpha value is -1.70. The van der Waals surface area contributed by atoms with E-state index in [1.54, 1.807) is 0 Å². The van der Waals surface area contributed by atoms with Crippen molar-refractivity contribution in [2.24, 2.45) is 11.3 Å². The molecule has 0 atom stereocenters. The Balaban J connectivity index is 1.14. The molecule has 0 radical (unpaired) electrons. The fraction of sp³-hybridized carbons (Fsp3) is 0.760. The summed E-state index contributed by atoms with van der Waals surface area (Å²) < 4.78 is 2.33. The van der Waals surface area contributed by atoms with Crippen LogP contribution in [0, 0.1) is 11.3 Å². The van der Waals surface area contributed by atoms with Gasteiger partial charge in [0.2, 0.25) is 0 Å². The number of aromatic amines is 1. The number of unbranched alkanes of at least 4 members (excludes halogenated alkanes) is 1. The van der Waals surface area contributed by atoms with E-state index < -0.39 is 0 Å². The van der Waals surface area contributed by atoms with E-state index in [2.05, 4.69) is 61.3 Å². The molecule has 2 aromatic heterocycles. The monoisotopic (exact) mass is 441 g/mol. The van der Waals surface area contributed by atoms with Gasteiger partial charge in [-0.05, 0) is 76.7 Å². The van der Waals surface area contributed by atoms with Gasteiger partial charge in [0.15, 0.2) is 0 Å². The number of hydrogen-bond donors (Lipinski definition) is 1. The van der Waals surface area contributed by atoms with Crippen LogP contribution in [0.5, 0.6) is 0 Å². The first-order valence-corrected chi connectivity index (χ1v) is 12.6. The largest absolute Gasteiger partial charge is 0.348 e. The summed E-state index contributed by atoms with van der Waals surface area (Å²) in [6.45, 7) is 15.2. The molecular formula is C25H43N7. The second kappa shape index (κ2) is 10.9. The van der Waals surface area contributed by atoms with Crippen molar-refractivity contribution >= 4 is 0 Å². The molecule has 178 valence electrons. The summed E-state index contributed by atoms with van der Waals surface area (Å²) >= 11 is 0. The van der Waals surface area contributed by atoms with Crippen LogP contribution in [-0.4, -0.2) is 80.5 Å². The van der Waals surface area contributed by atoms with Gasteiger partial charge in [0.25, 0.3) is 0 Å². The normalized spacial score (nSPS) is 19.7. The Labute approximate surface area is 194 Å². The third-order valence-electron chi connectivity index (χ3n) is 7.37. The lowest BCUT2D eigenvalue weighted by Gasteiger charge is -2.40. The van der Waals surface area contributed by atoms with Crippen molar-refractivity contribution in [2.75, 3.05) is 46.3 Å². The number of aromatic nitrogens is 4. The predicted octanol–water partition coefficient (Wildman–Crippen LogP) is 3.46. The number of nitrogens with zero attached hydrogens (tertiary/aromatic N) is 6. The van der Waals surface area contributed by atoms with Crippen molar-refractivity contribution in [3.8, 4) is 0 Å². The van der Waals surface area contributed by atoms with Gasteiger partial charge in [-0.1, -0.05) is 13.8 Å². The SMILES string of the molecule is CC(C)CN1CCC2(CC1)CCN(CCCCn1ccnc1CN(C)Cc1ncc[nH]1)C2. The number of imidazole rings is 2. The quantitative estimate of drug-likeness (QED) is 0.541. The molecule has 2 aliphatic heterocycles. The highest BCUT2D eigenvalue weighted by atomic mass is 15.2. The van der Waals surface area contributed by atoms with Crippen LogP contribution in [0.4, 0.5) is 0 Å². The number of likely N-dealkylation sites (tertiary alicyclic amines) is 2. The van der Waals surface area contributed by atoms with Crippen LogP contribution in [0.1, 0.15) is 57.6 Å². The van der Waals surface area contributed by atoms with Crippen molar-refractivity contribution < 1.29 is 0 Å². The van der Waals surface area contributed by atoms with Gasteiger partial charge in [0.1, 0.15) is 11.6 Å². The van der Waals surface area contributed by atoms with Crippen molar-refractivity contribution in [2.45, 2.75) is 65.6 Å². The van der Waals surface area contributed by atoms with Gasteiger partial charge in [-0.25, -0.2) is 9.97 Å². The Morgan fingerprint density at radius 2 is 1.75 bits per heavy atom. The number of hydrogen-bond acceptors (Lipinski definition) is 5. The van der Waals surface area contributed by atoms with Crippen LogP contribution in [0.15, 0.2) is 24.8 Å². The lowest BCUT2D eigenvalue weighted by molar-refractivity contribution is 0.0989. The molecule has 4 rings (SSSR count).